The largest absolute Gasteiger partial charge is 0.459 e. The Morgan fingerprint density at radius 2 is 1.53 bits per heavy atom. The molecule has 9 nitrogen and oxygen atoms in total. The van der Waals surface area contributed by atoms with Gasteiger partial charge in [0.2, 0.25) is 6.23 Å². The normalized spacial score (nSPS) is 21.1. The fourth-order valence-corrected chi connectivity index (χ4v) is 3.43. The van der Waals surface area contributed by atoms with E-state index in [2.05, 4.69) is 0 Å². The number of carbonyl (C=O) groups is 2. The van der Waals surface area contributed by atoms with Gasteiger partial charge in [-0.3, -0.25) is 14.3 Å². The second-order valence-corrected chi connectivity index (χ2v) is 7.38. The number of halogens is 2. The summed E-state index contributed by atoms with van der Waals surface area (Å²) in [7, 11) is 0. The lowest BCUT2D eigenvalue weighted by Crippen LogP contribution is -2.45. The number of rotatable bonds is 6. The lowest BCUT2D eigenvalue weighted by atomic mass is 10.1. The molecular formula is C23H18F2N2O7. The van der Waals surface area contributed by atoms with E-state index < -0.39 is 54.2 Å². The molecule has 0 saturated carbocycles. The Labute approximate surface area is 190 Å². The number of alkyl halides is 2. The van der Waals surface area contributed by atoms with Gasteiger partial charge < -0.3 is 14.2 Å². The number of aromatic amines is 1. The van der Waals surface area contributed by atoms with Gasteiger partial charge in [-0.25, -0.2) is 14.4 Å². The fraction of sp³-hybridized carbons (Fsp3) is 0.217. The Balaban J connectivity index is 1.62. The van der Waals surface area contributed by atoms with Gasteiger partial charge in [0.25, 0.3) is 5.56 Å². The third-order valence-corrected chi connectivity index (χ3v) is 5.09. The van der Waals surface area contributed by atoms with Gasteiger partial charge in [0, 0.05) is 12.3 Å². The molecule has 1 aliphatic heterocycles. The van der Waals surface area contributed by atoms with Crippen LogP contribution in [0.4, 0.5) is 8.78 Å². The van der Waals surface area contributed by atoms with Crippen molar-refractivity contribution in [3.63, 3.8) is 0 Å². The van der Waals surface area contributed by atoms with E-state index in [-0.39, 0.29) is 11.1 Å². The van der Waals surface area contributed by atoms with Crippen LogP contribution < -0.4 is 11.2 Å². The van der Waals surface area contributed by atoms with Crippen LogP contribution in [-0.4, -0.2) is 46.2 Å². The number of carbonyl (C=O) groups excluding carboxylic acids is 2. The molecule has 1 N–H and O–H groups in total. The molecule has 0 unspecified atom stereocenters. The van der Waals surface area contributed by atoms with Gasteiger partial charge in [-0.05, 0) is 24.3 Å². The summed E-state index contributed by atoms with van der Waals surface area (Å²) in [6.45, 7) is -0.690. The molecule has 3 aromatic rings. The first-order valence-corrected chi connectivity index (χ1v) is 10.1. The first kappa shape index (κ1) is 23.1. The third kappa shape index (κ3) is 4.64. The van der Waals surface area contributed by atoms with E-state index in [9.17, 15) is 19.2 Å². The Morgan fingerprint density at radius 3 is 2.12 bits per heavy atom. The Kier molecular flexibility index (Phi) is 6.37. The molecule has 176 valence electrons. The van der Waals surface area contributed by atoms with Gasteiger partial charge in [-0.15, -0.1) is 0 Å². The van der Waals surface area contributed by atoms with E-state index in [0.717, 1.165) is 12.3 Å². The van der Waals surface area contributed by atoms with Crippen LogP contribution in [0.3, 0.4) is 0 Å². The molecular weight excluding hydrogens is 454 g/mol. The molecule has 1 aliphatic rings. The maximum atomic E-state index is 15.4. The van der Waals surface area contributed by atoms with E-state index in [1.807, 2.05) is 4.98 Å². The molecule has 34 heavy (non-hydrogen) atoms. The molecule has 4 rings (SSSR count). The van der Waals surface area contributed by atoms with Crippen molar-refractivity contribution in [3.05, 3.63) is 105 Å². The van der Waals surface area contributed by atoms with Crippen molar-refractivity contribution in [2.75, 3.05) is 6.61 Å². The molecule has 11 heteroatoms. The highest BCUT2D eigenvalue weighted by Crippen LogP contribution is 2.44. The summed E-state index contributed by atoms with van der Waals surface area (Å²) in [5.74, 6) is -5.77. The molecule has 2 heterocycles. The summed E-state index contributed by atoms with van der Waals surface area (Å²) in [6, 6.07) is 16.1. The smallest absolute Gasteiger partial charge is 0.338 e. The van der Waals surface area contributed by atoms with Crippen molar-refractivity contribution in [2.24, 2.45) is 0 Å². The lowest BCUT2D eigenvalue weighted by molar-refractivity contribution is -0.142. The summed E-state index contributed by atoms with van der Waals surface area (Å²) in [4.78, 5) is 50.1. The van der Waals surface area contributed by atoms with Crippen LogP contribution in [0, 0.1) is 0 Å². The number of benzene rings is 2. The molecule has 1 fully saturated rings. The molecule has 1 aromatic heterocycles. The molecule has 0 amide bonds. The van der Waals surface area contributed by atoms with Gasteiger partial charge in [0.1, 0.15) is 12.7 Å². The van der Waals surface area contributed by atoms with Gasteiger partial charge >= 0.3 is 23.6 Å². The maximum Gasteiger partial charge on any atom is 0.338 e. The maximum absolute atomic E-state index is 15.4. The molecule has 2 aromatic carbocycles. The third-order valence-electron chi connectivity index (χ3n) is 5.09. The van der Waals surface area contributed by atoms with Crippen LogP contribution in [0.5, 0.6) is 0 Å². The highest BCUT2D eigenvalue weighted by molar-refractivity contribution is 5.90. The van der Waals surface area contributed by atoms with Gasteiger partial charge in [-0.2, -0.15) is 8.78 Å². The lowest BCUT2D eigenvalue weighted by Gasteiger charge is -2.24. The number of nitrogens with zero attached hydrogens (tertiary/aromatic N) is 1. The van der Waals surface area contributed by atoms with E-state index in [0.29, 0.717) is 4.57 Å². The summed E-state index contributed by atoms with van der Waals surface area (Å²) in [6.07, 6.45) is -5.20. The topological polar surface area (TPSA) is 117 Å². The van der Waals surface area contributed by atoms with Crippen LogP contribution in [0.15, 0.2) is 82.5 Å². The Bertz CT molecular complexity index is 1290. The van der Waals surface area contributed by atoms with Crippen molar-refractivity contribution < 1.29 is 32.6 Å². The Morgan fingerprint density at radius 1 is 0.941 bits per heavy atom. The summed E-state index contributed by atoms with van der Waals surface area (Å²) < 4.78 is 46.9. The zero-order valence-corrected chi connectivity index (χ0v) is 17.4. The number of ether oxygens (including phenoxy) is 3. The SMILES string of the molecule is O=C(OC[C@H]1O[C@@H](n2ccc(=O)[nH]c2=O)C(F)(F)[C@@H]1OC(=O)c1ccccc1)c1ccccc1. The zero-order chi connectivity index (χ0) is 24.3. The minimum Gasteiger partial charge on any atom is -0.459 e. The monoisotopic (exact) mass is 472 g/mol. The van der Waals surface area contributed by atoms with Crippen molar-refractivity contribution in [3.8, 4) is 0 Å². The highest BCUT2D eigenvalue weighted by Gasteiger charge is 2.62. The van der Waals surface area contributed by atoms with Crippen LogP contribution >= 0.6 is 0 Å². The van der Waals surface area contributed by atoms with E-state index >= 15 is 8.78 Å². The fourth-order valence-electron chi connectivity index (χ4n) is 3.43. The summed E-state index contributed by atoms with van der Waals surface area (Å²) in [5.41, 5.74) is -1.74. The number of nitrogens with one attached hydrogen (secondary N) is 1. The zero-order valence-electron chi connectivity index (χ0n) is 17.4. The number of aromatic nitrogens is 2. The second kappa shape index (κ2) is 9.40. The average Bonchev–Trinajstić information content (AvgIpc) is 3.08. The van der Waals surface area contributed by atoms with E-state index in [1.165, 1.54) is 36.4 Å². The summed E-state index contributed by atoms with van der Waals surface area (Å²) in [5, 5.41) is 0. The molecule has 3 atom stereocenters. The summed E-state index contributed by atoms with van der Waals surface area (Å²) >= 11 is 0. The van der Waals surface area contributed by atoms with Gasteiger partial charge in [0.15, 0.2) is 6.10 Å². The first-order valence-electron chi connectivity index (χ1n) is 10.1. The minimum absolute atomic E-state index is 0.0167. The van der Waals surface area contributed by atoms with Crippen molar-refractivity contribution in [1.29, 1.82) is 0 Å². The molecule has 1 saturated heterocycles. The molecule has 0 aliphatic carbocycles. The highest BCUT2D eigenvalue weighted by atomic mass is 19.3. The minimum atomic E-state index is -3.92. The molecule has 0 bridgehead atoms. The van der Waals surface area contributed by atoms with Crippen molar-refractivity contribution in [2.45, 2.75) is 24.4 Å². The van der Waals surface area contributed by atoms with Crippen LogP contribution in [0.1, 0.15) is 26.9 Å². The van der Waals surface area contributed by atoms with Crippen molar-refractivity contribution in [1.82, 2.24) is 9.55 Å². The van der Waals surface area contributed by atoms with Crippen LogP contribution in [0.25, 0.3) is 0 Å². The average molecular weight is 472 g/mol. The quantitative estimate of drug-likeness (QED) is 0.547. The van der Waals surface area contributed by atoms with E-state index in [1.54, 1.807) is 24.3 Å². The number of hydrogen-bond acceptors (Lipinski definition) is 7. The Hall–Kier alpha value is -4.12. The number of esters is 2. The number of H-pyrrole nitrogens is 1. The predicted molar refractivity (Wildman–Crippen MR) is 113 cm³/mol. The predicted octanol–water partition coefficient (Wildman–Crippen LogP) is 2.15. The van der Waals surface area contributed by atoms with Crippen molar-refractivity contribution >= 4 is 11.9 Å². The second-order valence-electron chi connectivity index (χ2n) is 7.38. The van der Waals surface area contributed by atoms with Gasteiger partial charge in [0.05, 0.1) is 11.1 Å². The van der Waals surface area contributed by atoms with E-state index in [4.69, 9.17) is 14.2 Å². The molecule has 0 radical (unpaired) electrons. The first-order chi connectivity index (χ1) is 16.3. The molecule has 0 spiro atoms. The standard InChI is InChI=1S/C23H18F2N2O7/c24-23(25)18(34-20(30)15-9-5-2-6-10-15)16(13-32-19(29)14-7-3-1-4-8-14)33-21(23)27-12-11-17(28)26-22(27)31/h1-12,16,18,21H,13H2,(H,26,28,31)/t16-,18-,21-/m1/s1. The van der Waals surface area contributed by atoms with Crippen LogP contribution in [0.2, 0.25) is 0 Å². The van der Waals surface area contributed by atoms with Crippen LogP contribution in [-0.2, 0) is 14.2 Å². The number of hydrogen-bond donors (Lipinski definition) is 1. The van der Waals surface area contributed by atoms with Gasteiger partial charge in [-0.1, -0.05) is 36.4 Å².